The van der Waals surface area contributed by atoms with Gasteiger partial charge in [-0.1, -0.05) is 69.6 Å². The third kappa shape index (κ3) is 3.04. The first-order valence-electron chi connectivity index (χ1n) is 5.21. The molecule has 0 saturated carbocycles. The number of halogens is 6. The fourth-order valence-corrected chi connectivity index (χ4v) is 3.22. The lowest BCUT2D eigenvalue weighted by atomic mass is 10.0. The van der Waals surface area contributed by atoms with E-state index in [0.717, 1.165) is 0 Å². The van der Waals surface area contributed by atoms with Crippen molar-refractivity contribution in [2.45, 2.75) is 0 Å². The van der Waals surface area contributed by atoms with Crippen molar-refractivity contribution in [1.29, 1.82) is 0 Å². The molecule has 0 heterocycles. The number of rotatable bonds is 2. The monoisotopic (exact) mass is 403 g/mol. The van der Waals surface area contributed by atoms with Crippen molar-refractivity contribution in [3.8, 4) is 11.1 Å². The number of nitro groups is 1. The molecule has 0 N–H and O–H groups in total. The van der Waals surface area contributed by atoms with Gasteiger partial charge in [-0.2, -0.15) is 0 Å². The van der Waals surface area contributed by atoms with Crippen LogP contribution in [0.4, 0.5) is 5.69 Å². The Bertz CT molecular complexity index is 733. The third-order valence-electron chi connectivity index (χ3n) is 2.64. The molecule has 110 valence electrons. The molecule has 2 rings (SSSR count). The first-order chi connectivity index (χ1) is 9.75. The SMILES string of the molecule is O=[N+]([O-])c1cc(Cl)ccc1-c1c(Cl)c(Cl)c(Cl)c(Cl)c1Cl. The molecule has 0 amide bonds. The molecule has 0 spiro atoms. The Morgan fingerprint density at radius 2 is 1.29 bits per heavy atom. The molecule has 0 saturated heterocycles. The van der Waals surface area contributed by atoms with Crippen LogP contribution in [0.2, 0.25) is 30.1 Å². The van der Waals surface area contributed by atoms with Gasteiger partial charge in [-0.15, -0.1) is 0 Å². The highest BCUT2D eigenvalue weighted by molar-refractivity contribution is 6.56. The van der Waals surface area contributed by atoms with Crippen molar-refractivity contribution in [1.82, 2.24) is 0 Å². The molecule has 0 fully saturated rings. The van der Waals surface area contributed by atoms with Crippen LogP contribution in [-0.2, 0) is 0 Å². The van der Waals surface area contributed by atoms with Gasteiger partial charge in [0.2, 0.25) is 0 Å². The lowest BCUT2D eigenvalue weighted by molar-refractivity contribution is -0.384. The number of benzene rings is 2. The lowest BCUT2D eigenvalue weighted by Crippen LogP contribution is -1.94. The highest BCUT2D eigenvalue weighted by Crippen LogP contribution is 2.50. The predicted molar refractivity (Wildman–Crippen MR) is 88.6 cm³/mol. The molecule has 2 aromatic rings. The van der Waals surface area contributed by atoms with Crippen LogP contribution in [0.3, 0.4) is 0 Å². The van der Waals surface area contributed by atoms with Gasteiger partial charge in [0.1, 0.15) is 0 Å². The zero-order valence-corrected chi connectivity index (χ0v) is 14.3. The number of hydrogen-bond acceptors (Lipinski definition) is 2. The predicted octanol–water partition coefficient (Wildman–Crippen LogP) is 7.18. The first kappa shape index (κ1) is 16.9. The van der Waals surface area contributed by atoms with E-state index in [1.54, 1.807) is 0 Å². The zero-order valence-electron chi connectivity index (χ0n) is 9.76. The Balaban J connectivity index is 2.89. The highest BCUT2D eigenvalue weighted by Gasteiger charge is 2.25. The van der Waals surface area contributed by atoms with Crippen LogP contribution in [0.25, 0.3) is 11.1 Å². The van der Waals surface area contributed by atoms with Gasteiger partial charge in [0.25, 0.3) is 5.69 Å². The zero-order chi connectivity index (χ0) is 15.9. The minimum absolute atomic E-state index is 0.0197. The molecule has 0 aliphatic carbocycles. The van der Waals surface area contributed by atoms with Crippen molar-refractivity contribution in [2.75, 3.05) is 0 Å². The summed E-state index contributed by atoms with van der Waals surface area (Å²) in [5.41, 5.74) is -0.0123. The molecule has 0 unspecified atom stereocenters. The molecule has 9 heteroatoms. The molecule has 0 aliphatic rings. The van der Waals surface area contributed by atoms with E-state index in [9.17, 15) is 10.1 Å². The van der Waals surface area contributed by atoms with Gasteiger partial charge in [-0.05, 0) is 12.1 Å². The maximum atomic E-state index is 11.2. The minimum atomic E-state index is -0.607. The van der Waals surface area contributed by atoms with Gasteiger partial charge in [0.15, 0.2) is 0 Å². The number of hydrogen-bond donors (Lipinski definition) is 0. The van der Waals surface area contributed by atoms with Crippen LogP contribution in [0.5, 0.6) is 0 Å². The van der Waals surface area contributed by atoms with Crippen molar-refractivity contribution in [3.63, 3.8) is 0 Å². The van der Waals surface area contributed by atoms with Crippen molar-refractivity contribution >= 4 is 75.3 Å². The molecule has 0 radical (unpaired) electrons. The summed E-state index contributed by atoms with van der Waals surface area (Å²) in [6.07, 6.45) is 0. The summed E-state index contributed by atoms with van der Waals surface area (Å²) < 4.78 is 0. The quantitative estimate of drug-likeness (QED) is 0.230. The summed E-state index contributed by atoms with van der Waals surface area (Å²) in [5, 5.41) is 11.2. The maximum Gasteiger partial charge on any atom is 0.278 e. The highest BCUT2D eigenvalue weighted by atomic mass is 35.5. The van der Waals surface area contributed by atoms with Crippen LogP contribution in [0.15, 0.2) is 18.2 Å². The molecule has 2 aromatic carbocycles. The van der Waals surface area contributed by atoms with Gasteiger partial charge in [0.05, 0.1) is 35.6 Å². The molecular formula is C12H3Cl6NO2. The van der Waals surface area contributed by atoms with E-state index in [1.807, 2.05) is 0 Å². The topological polar surface area (TPSA) is 43.1 Å². The summed E-state index contributed by atoms with van der Waals surface area (Å²) in [6, 6.07) is 4.06. The second kappa shape index (κ2) is 6.37. The Morgan fingerprint density at radius 1 is 0.810 bits per heavy atom. The van der Waals surface area contributed by atoms with Crippen LogP contribution in [0, 0.1) is 10.1 Å². The van der Waals surface area contributed by atoms with Gasteiger partial charge in [-0.25, -0.2) is 0 Å². The fraction of sp³-hybridized carbons (Fsp3) is 0. The average Bonchev–Trinajstić information content (AvgIpc) is 2.44. The van der Waals surface area contributed by atoms with Crippen LogP contribution < -0.4 is 0 Å². The molecular weight excluding hydrogens is 403 g/mol. The smallest absolute Gasteiger partial charge is 0.258 e. The standard InChI is InChI=1S/C12H3Cl6NO2/c13-4-1-2-5(6(3-4)19(20)21)7-8(14)10(16)12(18)11(17)9(7)15/h1-3H. The molecule has 21 heavy (non-hydrogen) atoms. The summed E-state index contributed by atoms with van der Waals surface area (Å²) in [5.74, 6) is 0. The second-order valence-electron chi connectivity index (χ2n) is 3.86. The third-order valence-corrected chi connectivity index (χ3v) is 5.15. The normalized spacial score (nSPS) is 10.8. The Labute approximate surface area is 149 Å². The average molecular weight is 406 g/mol. The van der Waals surface area contributed by atoms with Crippen LogP contribution in [0.1, 0.15) is 0 Å². The van der Waals surface area contributed by atoms with E-state index in [-0.39, 0.29) is 47.0 Å². The summed E-state index contributed by atoms with van der Waals surface area (Å²) in [6.45, 7) is 0. The lowest BCUT2D eigenvalue weighted by Gasteiger charge is -2.13. The van der Waals surface area contributed by atoms with Gasteiger partial charge >= 0.3 is 0 Å². The maximum absolute atomic E-state index is 11.2. The van der Waals surface area contributed by atoms with Crippen LogP contribution in [-0.4, -0.2) is 4.92 Å². The number of nitrogens with zero attached hydrogens (tertiary/aromatic N) is 1. The van der Waals surface area contributed by atoms with Gasteiger partial charge in [0, 0.05) is 16.7 Å². The molecule has 0 bridgehead atoms. The van der Waals surface area contributed by atoms with E-state index < -0.39 is 4.92 Å². The van der Waals surface area contributed by atoms with Gasteiger partial charge in [-0.3, -0.25) is 10.1 Å². The second-order valence-corrected chi connectivity index (χ2v) is 6.19. The van der Waals surface area contributed by atoms with Crippen LogP contribution >= 0.6 is 69.6 Å². The van der Waals surface area contributed by atoms with E-state index in [4.69, 9.17) is 69.6 Å². The van der Waals surface area contributed by atoms with Crippen molar-refractivity contribution in [3.05, 3.63) is 58.4 Å². The number of nitro benzene ring substituents is 1. The molecule has 3 nitrogen and oxygen atoms in total. The first-order valence-corrected chi connectivity index (χ1v) is 7.48. The largest absolute Gasteiger partial charge is 0.278 e. The van der Waals surface area contributed by atoms with Crippen molar-refractivity contribution in [2.24, 2.45) is 0 Å². The molecule has 0 atom stereocenters. The van der Waals surface area contributed by atoms with E-state index in [2.05, 4.69) is 0 Å². The van der Waals surface area contributed by atoms with E-state index >= 15 is 0 Å². The summed E-state index contributed by atoms with van der Waals surface area (Å²) in [7, 11) is 0. The Kier molecular flexibility index (Phi) is 5.14. The summed E-state index contributed by atoms with van der Waals surface area (Å²) >= 11 is 35.8. The Morgan fingerprint density at radius 3 is 1.76 bits per heavy atom. The molecule has 0 aromatic heterocycles. The van der Waals surface area contributed by atoms with Gasteiger partial charge < -0.3 is 0 Å². The minimum Gasteiger partial charge on any atom is -0.258 e. The van der Waals surface area contributed by atoms with E-state index in [1.165, 1.54) is 18.2 Å². The van der Waals surface area contributed by atoms with Crippen molar-refractivity contribution < 1.29 is 4.92 Å². The summed E-state index contributed by atoms with van der Waals surface area (Å²) in [4.78, 5) is 10.6. The Hall–Kier alpha value is -0.420. The molecule has 0 aliphatic heterocycles. The van der Waals surface area contributed by atoms with E-state index in [0.29, 0.717) is 0 Å². The fourth-order valence-electron chi connectivity index (χ4n) is 1.71.